The van der Waals surface area contributed by atoms with Crippen molar-refractivity contribution in [2.45, 2.75) is 38.7 Å². The number of hydrogen-bond acceptors (Lipinski definition) is 6. The smallest absolute Gasteiger partial charge is 0.205 e. The number of nitrogens with two attached hydrogens (primary N) is 1. The highest BCUT2D eigenvalue weighted by Crippen LogP contribution is 2.46. The maximum atomic E-state index is 12.8. The highest BCUT2D eigenvalue weighted by Gasteiger charge is 2.38. The topological polar surface area (TPSA) is 94.6 Å². The van der Waals surface area contributed by atoms with Crippen LogP contribution in [0.1, 0.15) is 43.2 Å². The van der Waals surface area contributed by atoms with Gasteiger partial charge in [-0.3, -0.25) is 4.79 Å². The number of nitriles is 1. The van der Waals surface area contributed by atoms with E-state index in [4.69, 9.17) is 31.5 Å². The summed E-state index contributed by atoms with van der Waals surface area (Å²) >= 11 is 8.15. The van der Waals surface area contributed by atoms with Crippen LogP contribution in [0.4, 0.5) is 0 Å². The molecule has 0 amide bonds. The maximum Gasteiger partial charge on any atom is 0.205 e. The molecule has 2 aromatic carbocycles. The van der Waals surface area contributed by atoms with Gasteiger partial charge in [0.05, 0.1) is 16.1 Å². The Balaban J connectivity index is 1.75. The molecule has 0 radical (unpaired) electrons. The molecule has 33 heavy (non-hydrogen) atoms. The zero-order chi connectivity index (χ0) is 23.5. The summed E-state index contributed by atoms with van der Waals surface area (Å²) in [5.41, 5.74) is 8.54. The summed E-state index contributed by atoms with van der Waals surface area (Å²) < 4.78 is 18.5. The fraction of sp³-hybridized carbons (Fsp3) is 0.280. The van der Waals surface area contributed by atoms with Crippen LogP contribution >= 0.6 is 34.2 Å². The van der Waals surface area contributed by atoms with E-state index in [2.05, 4.69) is 28.7 Å². The third-order valence-corrected chi connectivity index (χ3v) is 6.62. The number of carbonyl (C=O) groups excluding carboxylic acids is 1. The summed E-state index contributed by atoms with van der Waals surface area (Å²) in [7, 11) is 0. The first-order valence-corrected chi connectivity index (χ1v) is 12.1. The van der Waals surface area contributed by atoms with Gasteiger partial charge in [-0.25, -0.2) is 0 Å². The Morgan fingerprint density at radius 2 is 2.00 bits per heavy atom. The monoisotopic (exact) mass is 576 g/mol. The van der Waals surface area contributed by atoms with Gasteiger partial charge in [-0.1, -0.05) is 23.7 Å². The summed E-state index contributed by atoms with van der Waals surface area (Å²) in [5.74, 6) is 1.14. The number of allylic oxidation sites excluding steroid dienone is 3. The Morgan fingerprint density at radius 1 is 1.24 bits per heavy atom. The van der Waals surface area contributed by atoms with Gasteiger partial charge in [0.1, 0.15) is 24.0 Å². The Bertz CT molecular complexity index is 1200. The molecule has 0 unspecified atom stereocenters. The standard InChI is InChI=1S/C25H22ClIN2O4/c1-2-31-21-11-15(10-18(27)24(21)32-13-14-6-8-16(26)9-7-14)22-17(12-28)25(29)33-20-5-3-4-19(30)23(20)22/h6-11,22H,2-5,13,29H2,1H3/t22-/m1/s1. The fourth-order valence-corrected chi connectivity index (χ4v) is 4.99. The Morgan fingerprint density at radius 3 is 2.70 bits per heavy atom. The molecule has 0 aromatic heterocycles. The number of nitrogens with zero attached hydrogens (tertiary/aromatic N) is 1. The quantitative estimate of drug-likeness (QED) is 0.441. The number of rotatable bonds is 6. The summed E-state index contributed by atoms with van der Waals surface area (Å²) in [6.07, 6.45) is 1.75. The van der Waals surface area contributed by atoms with Crippen molar-refractivity contribution in [3.63, 3.8) is 0 Å². The lowest BCUT2D eigenvalue weighted by molar-refractivity contribution is -0.116. The minimum atomic E-state index is -0.593. The van der Waals surface area contributed by atoms with Gasteiger partial charge < -0.3 is 19.9 Å². The summed E-state index contributed by atoms with van der Waals surface area (Å²) in [4.78, 5) is 12.8. The van der Waals surface area contributed by atoms with Crippen LogP contribution in [-0.2, 0) is 16.1 Å². The van der Waals surface area contributed by atoms with Crippen molar-refractivity contribution in [3.05, 3.63) is 78.9 Å². The summed E-state index contributed by atoms with van der Waals surface area (Å²) in [6, 6.07) is 13.3. The number of carbonyl (C=O) groups is 1. The number of hydrogen-bond donors (Lipinski definition) is 1. The Kier molecular flexibility index (Phi) is 7.15. The molecule has 1 aliphatic carbocycles. The van der Waals surface area contributed by atoms with Crippen molar-refractivity contribution in [2.24, 2.45) is 5.73 Å². The molecule has 6 nitrogen and oxygen atoms in total. The van der Waals surface area contributed by atoms with E-state index in [9.17, 15) is 10.1 Å². The molecule has 2 N–H and O–H groups in total. The predicted octanol–water partition coefficient (Wildman–Crippen LogP) is 5.74. The number of benzene rings is 2. The van der Waals surface area contributed by atoms with Crippen molar-refractivity contribution in [3.8, 4) is 17.6 Å². The minimum absolute atomic E-state index is 0.0162. The second-order valence-electron chi connectivity index (χ2n) is 7.72. The largest absolute Gasteiger partial charge is 0.490 e. The van der Waals surface area contributed by atoms with Crippen LogP contribution in [0.5, 0.6) is 11.5 Å². The van der Waals surface area contributed by atoms with E-state index in [1.54, 1.807) is 0 Å². The molecular weight excluding hydrogens is 555 g/mol. The summed E-state index contributed by atoms with van der Waals surface area (Å²) in [5, 5.41) is 10.5. The van der Waals surface area contributed by atoms with Gasteiger partial charge in [0.15, 0.2) is 17.3 Å². The van der Waals surface area contributed by atoms with E-state index in [1.165, 1.54) is 0 Å². The lowest BCUT2D eigenvalue weighted by Gasteiger charge is -2.31. The zero-order valence-corrected chi connectivity index (χ0v) is 20.9. The average Bonchev–Trinajstić information content (AvgIpc) is 2.79. The van der Waals surface area contributed by atoms with Crippen LogP contribution in [0.3, 0.4) is 0 Å². The normalized spacial score (nSPS) is 17.9. The van der Waals surface area contributed by atoms with Crippen molar-refractivity contribution < 1.29 is 19.0 Å². The molecular formula is C25H22ClIN2O4. The third kappa shape index (κ3) is 4.82. The van der Waals surface area contributed by atoms with Crippen LogP contribution in [0, 0.1) is 14.9 Å². The molecule has 2 aliphatic rings. The van der Waals surface area contributed by atoms with Crippen LogP contribution in [0.2, 0.25) is 5.02 Å². The zero-order valence-electron chi connectivity index (χ0n) is 18.0. The SMILES string of the molecule is CCOc1cc([C@@H]2C(C#N)=C(N)OC3=C2C(=O)CCC3)cc(I)c1OCc1ccc(Cl)cc1. The van der Waals surface area contributed by atoms with Crippen molar-refractivity contribution in [2.75, 3.05) is 6.61 Å². The molecule has 0 bridgehead atoms. The first-order chi connectivity index (χ1) is 15.9. The van der Waals surface area contributed by atoms with Gasteiger partial charge in [-0.15, -0.1) is 0 Å². The van der Waals surface area contributed by atoms with Crippen molar-refractivity contribution in [1.29, 1.82) is 5.26 Å². The Hall–Kier alpha value is -2.70. The molecule has 1 atom stereocenters. The van der Waals surface area contributed by atoms with E-state index < -0.39 is 5.92 Å². The van der Waals surface area contributed by atoms with Gasteiger partial charge >= 0.3 is 0 Å². The van der Waals surface area contributed by atoms with Crippen molar-refractivity contribution >= 4 is 40.0 Å². The highest BCUT2D eigenvalue weighted by molar-refractivity contribution is 14.1. The highest BCUT2D eigenvalue weighted by atomic mass is 127. The van der Waals surface area contributed by atoms with Crippen LogP contribution in [0.15, 0.2) is 59.2 Å². The third-order valence-electron chi connectivity index (χ3n) is 5.57. The van der Waals surface area contributed by atoms with Crippen LogP contribution < -0.4 is 15.2 Å². The molecule has 0 saturated heterocycles. The molecule has 170 valence electrons. The van der Waals surface area contributed by atoms with Crippen LogP contribution in [0.25, 0.3) is 0 Å². The first-order valence-electron chi connectivity index (χ1n) is 10.6. The van der Waals surface area contributed by atoms with E-state index in [-0.39, 0.29) is 17.2 Å². The average molecular weight is 577 g/mol. The fourth-order valence-electron chi connectivity index (χ4n) is 4.08. The number of halogens is 2. The van der Waals surface area contributed by atoms with Gasteiger partial charge in [-0.05, 0) is 71.3 Å². The van der Waals surface area contributed by atoms with E-state index in [1.807, 2.05) is 43.3 Å². The maximum absolute atomic E-state index is 12.8. The molecule has 8 heteroatoms. The molecule has 1 aliphatic heterocycles. The van der Waals surface area contributed by atoms with Gasteiger partial charge in [0, 0.05) is 23.4 Å². The minimum Gasteiger partial charge on any atom is -0.490 e. The molecule has 4 rings (SSSR count). The molecule has 2 aromatic rings. The molecule has 0 saturated carbocycles. The second kappa shape index (κ2) is 10.1. The number of ether oxygens (including phenoxy) is 3. The van der Waals surface area contributed by atoms with Gasteiger partial charge in [-0.2, -0.15) is 5.26 Å². The first kappa shape index (κ1) is 23.5. The summed E-state index contributed by atoms with van der Waals surface area (Å²) in [6.45, 7) is 2.66. The molecule has 0 fully saturated rings. The Labute approximate surface area is 211 Å². The lowest BCUT2D eigenvalue weighted by atomic mass is 9.77. The molecule has 1 heterocycles. The van der Waals surface area contributed by atoms with Gasteiger partial charge in [0.2, 0.25) is 5.88 Å². The van der Waals surface area contributed by atoms with Crippen LogP contribution in [-0.4, -0.2) is 12.4 Å². The van der Waals surface area contributed by atoms with E-state index in [0.29, 0.717) is 60.3 Å². The van der Waals surface area contributed by atoms with Crippen molar-refractivity contribution in [1.82, 2.24) is 0 Å². The van der Waals surface area contributed by atoms with Gasteiger partial charge in [0.25, 0.3) is 0 Å². The molecule has 0 spiro atoms. The number of Topliss-reactive ketones (excluding diaryl/α,β-unsaturated/α-hetero) is 1. The van der Waals surface area contributed by atoms with E-state index in [0.717, 1.165) is 14.7 Å². The van der Waals surface area contributed by atoms with E-state index >= 15 is 0 Å². The lowest BCUT2D eigenvalue weighted by Crippen LogP contribution is -2.27. The second-order valence-corrected chi connectivity index (χ2v) is 9.32. The number of ketones is 1. The predicted molar refractivity (Wildman–Crippen MR) is 133 cm³/mol.